The van der Waals surface area contributed by atoms with Crippen molar-refractivity contribution >= 4 is 28.2 Å². The summed E-state index contributed by atoms with van der Waals surface area (Å²) >= 11 is 1.33. The third-order valence-corrected chi connectivity index (χ3v) is 5.45. The standard InChI is InChI=1S/C18H21N7OS/c1-2-13(1)11-25-12-14(9-20-25)17-22-18(27-23-17)21-16-4-3-15(10-19-16)24-5-7-26-8-6-24/h3-4,9-10,12-13H,1-2,5-8,11H2,(H,19,21,22,23). The van der Waals surface area contributed by atoms with Gasteiger partial charge in [0, 0.05) is 37.4 Å². The lowest BCUT2D eigenvalue weighted by molar-refractivity contribution is 0.122. The molecule has 2 aliphatic rings. The van der Waals surface area contributed by atoms with Crippen LogP contribution in [0.1, 0.15) is 12.8 Å². The molecule has 0 unspecified atom stereocenters. The number of hydrogen-bond acceptors (Lipinski definition) is 8. The van der Waals surface area contributed by atoms with Gasteiger partial charge in [-0.2, -0.15) is 14.5 Å². The van der Waals surface area contributed by atoms with Crippen LogP contribution in [0.25, 0.3) is 11.4 Å². The molecule has 1 aliphatic carbocycles. The molecule has 140 valence electrons. The Morgan fingerprint density at radius 2 is 2.07 bits per heavy atom. The first-order valence-corrected chi connectivity index (χ1v) is 10.0. The maximum Gasteiger partial charge on any atom is 0.208 e. The lowest BCUT2D eigenvalue weighted by atomic mass is 10.3. The summed E-state index contributed by atoms with van der Waals surface area (Å²) in [5.41, 5.74) is 2.07. The molecular formula is C18H21N7OS. The summed E-state index contributed by atoms with van der Waals surface area (Å²) in [6.07, 6.45) is 8.38. The summed E-state index contributed by atoms with van der Waals surface area (Å²) in [6.45, 7) is 4.34. The first-order chi connectivity index (χ1) is 13.3. The molecule has 8 nitrogen and oxygen atoms in total. The van der Waals surface area contributed by atoms with Crippen LogP contribution in [0.3, 0.4) is 0 Å². The fourth-order valence-electron chi connectivity index (χ4n) is 3.11. The quantitative estimate of drug-likeness (QED) is 0.701. The minimum atomic E-state index is 0.703. The zero-order chi connectivity index (χ0) is 18.1. The predicted molar refractivity (Wildman–Crippen MR) is 104 cm³/mol. The van der Waals surface area contributed by atoms with Gasteiger partial charge in [0.2, 0.25) is 5.13 Å². The molecule has 5 rings (SSSR count). The molecule has 4 heterocycles. The Morgan fingerprint density at radius 3 is 2.85 bits per heavy atom. The average Bonchev–Trinajstić information content (AvgIpc) is 3.20. The zero-order valence-corrected chi connectivity index (χ0v) is 15.7. The highest BCUT2D eigenvalue weighted by Gasteiger charge is 2.22. The third kappa shape index (κ3) is 3.93. The summed E-state index contributed by atoms with van der Waals surface area (Å²) in [7, 11) is 0. The predicted octanol–water partition coefficient (Wildman–Crippen LogP) is 2.79. The average molecular weight is 383 g/mol. The first kappa shape index (κ1) is 16.6. The molecule has 27 heavy (non-hydrogen) atoms. The molecule has 0 amide bonds. The fourth-order valence-corrected chi connectivity index (χ4v) is 3.71. The van der Waals surface area contributed by atoms with E-state index in [1.807, 2.05) is 29.3 Å². The van der Waals surface area contributed by atoms with E-state index in [1.165, 1.54) is 24.4 Å². The minimum Gasteiger partial charge on any atom is -0.378 e. The number of rotatable bonds is 6. The van der Waals surface area contributed by atoms with Crippen LogP contribution >= 0.6 is 11.5 Å². The van der Waals surface area contributed by atoms with Gasteiger partial charge in [0.25, 0.3) is 0 Å². The van der Waals surface area contributed by atoms with E-state index in [2.05, 4.69) is 35.7 Å². The van der Waals surface area contributed by atoms with E-state index in [4.69, 9.17) is 4.74 Å². The number of pyridine rings is 1. The van der Waals surface area contributed by atoms with Crippen LogP contribution in [0.15, 0.2) is 30.7 Å². The van der Waals surface area contributed by atoms with Gasteiger partial charge in [-0.25, -0.2) is 4.98 Å². The summed E-state index contributed by atoms with van der Waals surface area (Å²) < 4.78 is 11.8. The highest BCUT2D eigenvalue weighted by atomic mass is 32.1. The van der Waals surface area contributed by atoms with Crippen LogP contribution in [-0.2, 0) is 11.3 Å². The van der Waals surface area contributed by atoms with Crippen LogP contribution < -0.4 is 10.2 Å². The van der Waals surface area contributed by atoms with Gasteiger partial charge in [0.15, 0.2) is 5.82 Å². The second-order valence-corrected chi connectivity index (χ2v) is 7.70. The molecule has 1 N–H and O–H groups in total. The molecule has 1 aliphatic heterocycles. The topological polar surface area (TPSA) is 81.0 Å². The lowest BCUT2D eigenvalue weighted by Gasteiger charge is -2.28. The Kier molecular flexibility index (Phi) is 4.46. The van der Waals surface area contributed by atoms with E-state index >= 15 is 0 Å². The van der Waals surface area contributed by atoms with Gasteiger partial charge >= 0.3 is 0 Å². The first-order valence-electron chi connectivity index (χ1n) is 9.26. The number of anilines is 3. The van der Waals surface area contributed by atoms with E-state index in [0.29, 0.717) is 5.82 Å². The van der Waals surface area contributed by atoms with E-state index in [9.17, 15) is 0 Å². The Hall–Kier alpha value is -2.52. The molecule has 0 atom stereocenters. The number of morpholine rings is 1. The van der Waals surface area contributed by atoms with E-state index in [1.54, 1.807) is 0 Å². The molecule has 3 aromatic heterocycles. The number of nitrogens with zero attached hydrogens (tertiary/aromatic N) is 6. The number of ether oxygens (including phenoxy) is 1. The van der Waals surface area contributed by atoms with E-state index < -0.39 is 0 Å². The number of nitrogens with one attached hydrogen (secondary N) is 1. The maximum absolute atomic E-state index is 5.39. The smallest absolute Gasteiger partial charge is 0.208 e. The normalized spacial score (nSPS) is 17.3. The van der Waals surface area contributed by atoms with Crippen LogP contribution in [0.4, 0.5) is 16.6 Å². The second kappa shape index (κ2) is 7.24. The molecule has 9 heteroatoms. The van der Waals surface area contributed by atoms with Crippen molar-refractivity contribution < 1.29 is 4.74 Å². The lowest BCUT2D eigenvalue weighted by Crippen LogP contribution is -2.36. The summed E-state index contributed by atoms with van der Waals surface area (Å²) in [6, 6.07) is 4.05. The monoisotopic (exact) mass is 383 g/mol. The molecular weight excluding hydrogens is 362 g/mol. The molecule has 2 fully saturated rings. The van der Waals surface area contributed by atoms with Crippen molar-refractivity contribution in [3.63, 3.8) is 0 Å². The Labute approximate surface area is 161 Å². The van der Waals surface area contributed by atoms with Gasteiger partial charge in [-0.1, -0.05) is 0 Å². The number of aromatic nitrogens is 5. The highest BCUT2D eigenvalue weighted by molar-refractivity contribution is 7.09. The van der Waals surface area contributed by atoms with Gasteiger partial charge < -0.3 is 15.0 Å². The molecule has 3 aromatic rings. The Bertz CT molecular complexity index is 897. The molecule has 0 spiro atoms. The minimum absolute atomic E-state index is 0.703. The molecule has 1 saturated heterocycles. The van der Waals surface area contributed by atoms with Crippen molar-refractivity contribution in [2.75, 3.05) is 36.5 Å². The summed E-state index contributed by atoms with van der Waals surface area (Å²) in [5, 5.41) is 8.38. The Balaban J connectivity index is 1.24. The van der Waals surface area contributed by atoms with E-state index in [0.717, 1.165) is 61.0 Å². The van der Waals surface area contributed by atoms with E-state index in [-0.39, 0.29) is 0 Å². The largest absolute Gasteiger partial charge is 0.378 e. The zero-order valence-electron chi connectivity index (χ0n) is 14.9. The Morgan fingerprint density at radius 1 is 1.19 bits per heavy atom. The number of hydrogen-bond donors (Lipinski definition) is 1. The van der Waals surface area contributed by atoms with Crippen molar-refractivity contribution in [1.82, 2.24) is 24.1 Å². The van der Waals surface area contributed by atoms with Gasteiger partial charge in [0.1, 0.15) is 5.82 Å². The second-order valence-electron chi connectivity index (χ2n) is 6.94. The van der Waals surface area contributed by atoms with Crippen molar-refractivity contribution in [3.8, 4) is 11.4 Å². The molecule has 0 aromatic carbocycles. The molecule has 0 radical (unpaired) electrons. The van der Waals surface area contributed by atoms with Gasteiger partial charge in [0.05, 0.1) is 36.9 Å². The van der Waals surface area contributed by atoms with Crippen LogP contribution in [0.2, 0.25) is 0 Å². The van der Waals surface area contributed by atoms with Crippen LogP contribution in [0.5, 0.6) is 0 Å². The van der Waals surface area contributed by atoms with Crippen molar-refractivity contribution in [3.05, 3.63) is 30.7 Å². The maximum atomic E-state index is 5.39. The molecule has 1 saturated carbocycles. The van der Waals surface area contributed by atoms with Gasteiger partial charge in [-0.15, -0.1) is 0 Å². The van der Waals surface area contributed by atoms with Crippen LogP contribution in [-0.4, -0.2) is 50.4 Å². The van der Waals surface area contributed by atoms with Gasteiger partial charge in [-0.05, 0) is 30.9 Å². The third-order valence-electron chi connectivity index (χ3n) is 4.82. The SMILES string of the molecule is c1nn(CC2CC2)cc1-c1nsc(Nc2ccc(N3CCOCC3)cn2)n1. The van der Waals surface area contributed by atoms with Crippen LogP contribution in [0, 0.1) is 5.92 Å². The van der Waals surface area contributed by atoms with Gasteiger partial charge in [-0.3, -0.25) is 4.68 Å². The highest BCUT2D eigenvalue weighted by Crippen LogP contribution is 2.31. The summed E-state index contributed by atoms with van der Waals surface area (Å²) in [5.74, 6) is 2.26. The van der Waals surface area contributed by atoms with Crippen molar-refractivity contribution in [1.29, 1.82) is 0 Å². The van der Waals surface area contributed by atoms with Crippen molar-refractivity contribution in [2.45, 2.75) is 19.4 Å². The van der Waals surface area contributed by atoms with Crippen molar-refractivity contribution in [2.24, 2.45) is 5.92 Å². The fraction of sp³-hybridized carbons (Fsp3) is 0.444. The summed E-state index contributed by atoms with van der Waals surface area (Å²) in [4.78, 5) is 11.4. The molecule has 0 bridgehead atoms.